The molecule has 0 saturated heterocycles. The molecule has 10 rings (SSSR count). The monoisotopic (exact) mass is 577 g/mol. The molecule has 6 nitrogen and oxygen atoms in total. The van der Waals surface area contributed by atoms with E-state index in [0.717, 1.165) is 66.7 Å². The van der Waals surface area contributed by atoms with Gasteiger partial charge in [0.15, 0.2) is 5.58 Å². The van der Waals surface area contributed by atoms with Gasteiger partial charge in [-0.05, 0) is 54.1 Å². The highest BCUT2D eigenvalue weighted by Crippen LogP contribution is 2.42. The summed E-state index contributed by atoms with van der Waals surface area (Å²) in [6.07, 6.45) is 0. The van der Waals surface area contributed by atoms with E-state index in [9.17, 15) is 0 Å². The summed E-state index contributed by atoms with van der Waals surface area (Å²) < 4.78 is 6.46. The van der Waals surface area contributed by atoms with Crippen LogP contribution in [0.3, 0.4) is 0 Å². The zero-order valence-corrected chi connectivity index (χ0v) is 23.9. The second-order valence-corrected chi connectivity index (χ2v) is 11.4. The number of pyridine rings is 1. The van der Waals surface area contributed by atoms with Crippen LogP contribution in [0, 0.1) is 0 Å². The minimum Gasteiger partial charge on any atom is -0.452 e. The minimum atomic E-state index is 0.538. The molecule has 210 valence electrons. The van der Waals surface area contributed by atoms with Gasteiger partial charge in [0, 0.05) is 38.7 Å². The minimum absolute atomic E-state index is 0.538. The fraction of sp³-hybridized carbons (Fsp3) is 0. The molecule has 9 aromatic rings. The van der Waals surface area contributed by atoms with Gasteiger partial charge in [-0.25, -0.2) is 15.0 Å². The summed E-state index contributed by atoms with van der Waals surface area (Å²) in [6.45, 7) is 0. The van der Waals surface area contributed by atoms with Crippen LogP contribution < -0.4 is 4.90 Å². The lowest BCUT2D eigenvalue weighted by Gasteiger charge is -2.24. The van der Waals surface area contributed by atoms with E-state index in [0.29, 0.717) is 22.9 Å². The van der Waals surface area contributed by atoms with E-state index in [1.165, 1.54) is 5.39 Å². The summed E-state index contributed by atoms with van der Waals surface area (Å²) in [6, 6.07) is 45.9. The number of aromatic nitrogens is 4. The molecule has 0 spiro atoms. The Kier molecular flexibility index (Phi) is 4.90. The average molecular weight is 578 g/mol. The van der Waals surface area contributed by atoms with Crippen LogP contribution in [0.2, 0.25) is 0 Å². The Balaban J connectivity index is 1.39. The Morgan fingerprint density at radius 1 is 0.533 bits per heavy atom. The van der Waals surface area contributed by atoms with E-state index in [4.69, 9.17) is 19.4 Å². The van der Waals surface area contributed by atoms with Gasteiger partial charge < -0.3 is 9.40 Å². The largest absolute Gasteiger partial charge is 0.452 e. The maximum Gasteiger partial charge on any atom is 0.236 e. The second-order valence-electron chi connectivity index (χ2n) is 11.4. The third kappa shape index (κ3) is 3.53. The second kappa shape index (κ2) is 9.11. The Labute approximate surface area is 257 Å². The van der Waals surface area contributed by atoms with Crippen LogP contribution >= 0.6 is 0 Å². The average Bonchev–Trinajstić information content (AvgIpc) is 3.67. The number of H-pyrrole nitrogens is 1. The number of rotatable bonds is 1. The lowest BCUT2D eigenvalue weighted by Crippen LogP contribution is -2.14. The van der Waals surface area contributed by atoms with Crippen LogP contribution in [0.25, 0.3) is 77.6 Å². The fourth-order valence-electron chi connectivity index (χ4n) is 6.74. The first-order chi connectivity index (χ1) is 22.3. The highest BCUT2D eigenvalue weighted by atomic mass is 16.3. The number of para-hydroxylation sites is 4. The van der Waals surface area contributed by atoms with Crippen LogP contribution in [-0.2, 0) is 0 Å². The van der Waals surface area contributed by atoms with E-state index in [2.05, 4.69) is 88.7 Å². The standard InChI is InChI=1S/C39H23N5O/c1-2-11-24(12-3-1)44-25-13-6-10-23(22-25)26-15-7-16-27-28-17-8-18-29(35(28)41-34(26)27)31-19-9-20-32(40-31)37-38-36(42-39(44)43-37)30-14-4-5-21-33(30)45-38/h1-22,41H. The Morgan fingerprint density at radius 3 is 2.11 bits per heavy atom. The van der Waals surface area contributed by atoms with E-state index in [-0.39, 0.29) is 0 Å². The maximum absolute atomic E-state index is 6.46. The normalized spacial score (nSPS) is 12.4. The Bertz CT molecular complexity index is 2620. The summed E-state index contributed by atoms with van der Waals surface area (Å²) in [5.41, 5.74) is 11.6. The van der Waals surface area contributed by atoms with Crippen LogP contribution in [0.5, 0.6) is 0 Å². The molecule has 5 heterocycles. The van der Waals surface area contributed by atoms with Crippen LogP contribution in [-0.4, -0.2) is 19.9 Å². The number of nitrogens with zero attached hydrogens (tertiary/aromatic N) is 4. The van der Waals surface area contributed by atoms with Crippen molar-refractivity contribution in [1.82, 2.24) is 19.9 Å². The summed E-state index contributed by atoms with van der Waals surface area (Å²) in [4.78, 5) is 21.6. The summed E-state index contributed by atoms with van der Waals surface area (Å²) in [5.74, 6) is 0.538. The van der Waals surface area contributed by atoms with E-state index >= 15 is 0 Å². The van der Waals surface area contributed by atoms with Gasteiger partial charge in [-0.3, -0.25) is 4.90 Å². The van der Waals surface area contributed by atoms with Crippen molar-refractivity contribution in [1.29, 1.82) is 0 Å². The molecule has 0 radical (unpaired) electrons. The van der Waals surface area contributed by atoms with Gasteiger partial charge in [0.1, 0.15) is 16.8 Å². The molecule has 0 amide bonds. The molecular formula is C39H23N5O. The molecule has 1 aliphatic heterocycles. The summed E-state index contributed by atoms with van der Waals surface area (Å²) in [7, 11) is 0. The lowest BCUT2D eigenvalue weighted by atomic mass is 10.0. The number of nitrogens with one attached hydrogen (secondary N) is 1. The molecular weight excluding hydrogens is 554 g/mol. The van der Waals surface area contributed by atoms with Crippen LogP contribution in [0.15, 0.2) is 138 Å². The molecule has 5 aromatic carbocycles. The first-order valence-corrected chi connectivity index (χ1v) is 15.0. The van der Waals surface area contributed by atoms with Gasteiger partial charge >= 0.3 is 0 Å². The Hall–Kier alpha value is -6.27. The van der Waals surface area contributed by atoms with Gasteiger partial charge in [-0.2, -0.15) is 0 Å². The predicted molar refractivity (Wildman–Crippen MR) is 181 cm³/mol. The highest BCUT2D eigenvalue weighted by molar-refractivity contribution is 6.15. The number of aromatic amines is 1. The fourth-order valence-corrected chi connectivity index (χ4v) is 6.74. The molecule has 0 saturated carbocycles. The lowest BCUT2D eigenvalue weighted by molar-refractivity contribution is 0.667. The van der Waals surface area contributed by atoms with Crippen molar-refractivity contribution in [2.24, 2.45) is 0 Å². The third-order valence-electron chi connectivity index (χ3n) is 8.77. The van der Waals surface area contributed by atoms with Crippen molar-refractivity contribution in [2.45, 2.75) is 0 Å². The molecule has 6 heteroatoms. The number of furan rings is 1. The van der Waals surface area contributed by atoms with Crippen LogP contribution in [0.1, 0.15) is 0 Å². The van der Waals surface area contributed by atoms with Crippen molar-refractivity contribution in [3.05, 3.63) is 133 Å². The quantitative estimate of drug-likeness (QED) is 0.210. The van der Waals surface area contributed by atoms with Gasteiger partial charge in [0.05, 0.1) is 22.4 Å². The SMILES string of the molecule is c1ccc(N2c3cccc(c3)-c3cccc4c3[nH]c3c(cccc34)-c3cccc(n3)-c3nc2nc2c3oc3ccccc32)cc1. The number of fused-ring (bicyclic) bond motifs is 14. The molecule has 4 aromatic heterocycles. The van der Waals surface area contributed by atoms with Gasteiger partial charge in [0.25, 0.3) is 0 Å². The smallest absolute Gasteiger partial charge is 0.236 e. The van der Waals surface area contributed by atoms with Crippen molar-refractivity contribution >= 4 is 61.2 Å². The van der Waals surface area contributed by atoms with Crippen LogP contribution in [0.4, 0.5) is 17.3 Å². The van der Waals surface area contributed by atoms with Gasteiger partial charge in [-0.15, -0.1) is 0 Å². The molecule has 0 fully saturated rings. The first-order valence-electron chi connectivity index (χ1n) is 15.0. The van der Waals surface area contributed by atoms with Gasteiger partial charge in [-0.1, -0.05) is 84.9 Å². The Morgan fingerprint density at radius 2 is 1.22 bits per heavy atom. The molecule has 0 aliphatic carbocycles. The molecule has 8 bridgehead atoms. The van der Waals surface area contributed by atoms with Crippen molar-refractivity contribution < 1.29 is 4.42 Å². The van der Waals surface area contributed by atoms with Crippen molar-refractivity contribution in [2.75, 3.05) is 4.90 Å². The molecule has 1 N–H and O–H groups in total. The highest BCUT2D eigenvalue weighted by Gasteiger charge is 2.24. The number of benzene rings is 5. The number of hydrogen-bond acceptors (Lipinski definition) is 5. The topological polar surface area (TPSA) is 70.8 Å². The molecule has 0 unspecified atom stereocenters. The zero-order chi connectivity index (χ0) is 29.5. The predicted octanol–water partition coefficient (Wildman–Crippen LogP) is 10.2. The third-order valence-corrected chi connectivity index (χ3v) is 8.77. The van der Waals surface area contributed by atoms with E-state index in [1.807, 2.05) is 54.6 Å². The maximum atomic E-state index is 6.46. The summed E-state index contributed by atoms with van der Waals surface area (Å²) in [5, 5.41) is 3.27. The molecule has 1 aliphatic rings. The number of hydrogen-bond donors (Lipinski definition) is 1. The summed E-state index contributed by atoms with van der Waals surface area (Å²) >= 11 is 0. The van der Waals surface area contributed by atoms with E-state index < -0.39 is 0 Å². The molecule has 0 atom stereocenters. The van der Waals surface area contributed by atoms with Crippen molar-refractivity contribution in [3.8, 4) is 33.8 Å². The van der Waals surface area contributed by atoms with E-state index in [1.54, 1.807) is 0 Å². The number of anilines is 3. The molecule has 45 heavy (non-hydrogen) atoms. The van der Waals surface area contributed by atoms with Gasteiger partial charge in [0.2, 0.25) is 5.95 Å². The van der Waals surface area contributed by atoms with Crippen molar-refractivity contribution in [3.63, 3.8) is 0 Å². The zero-order valence-electron chi connectivity index (χ0n) is 23.9. The first kappa shape index (κ1) is 24.2.